The molecule has 0 amide bonds. The predicted octanol–water partition coefficient (Wildman–Crippen LogP) is 4.31. The molecule has 0 aliphatic carbocycles. The standard InChI is InChI=1S/C22H28N2O3/c1-5-23(6-2)17-11-9-16(10-12-17)21(25)19-14-13-18(24(7-3)8-4)15-20(19)22(26)27/h9-15H,5-8H2,1-4H3,(H,26,27). The molecule has 1 N–H and O–H groups in total. The second kappa shape index (κ2) is 9.21. The monoisotopic (exact) mass is 368 g/mol. The first-order chi connectivity index (χ1) is 13.0. The molecule has 0 aromatic heterocycles. The fourth-order valence-corrected chi connectivity index (χ4v) is 3.26. The maximum Gasteiger partial charge on any atom is 0.336 e. The first kappa shape index (κ1) is 20.5. The van der Waals surface area contributed by atoms with Gasteiger partial charge in [0.1, 0.15) is 0 Å². The van der Waals surface area contributed by atoms with E-state index in [4.69, 9.17) is 0 Å². The molecular formula is C22H28N2O3. The minimum Gasteiger partial charge on any atom is -0.478 e. The molecule has 0 fully saturated rings. The van der Waals surface area contributed by atoms with E-state index in [0.29, 0.717) is 5.56 Å². The highest BCUT2D eigenvalue weighted by Gasteiger charge is 2.20. The summed E-state index contributed by atoms with van der Waals surface area (Å²) in [6.07, 6.45) is 0. The lowest BCUT2D eigenvalue weighted by molar-refractivity contribution is 0.0693. The highest BCUT2D eigenvalue weighted by Crippen LogP contribution is 2.23. The number of ketones is 1. The Kier molecular flexibility index (Phi) is 6.99. The van der Waals surface area contributed by atoms with Gasteiger partial charge in [0.25, 0.3) is 0 Å². The van der Waals surface area contributed by atoms with E-state index in [9.17, 15) is 14.7 Å². The van der Waals surface area contributed by atoms with Crippen LogP contribution in [0.25, 0.3) is 0 Å². The van der Waals surface area contributed by atoms with Crippen molar-refractivity contribution in [3.63, 3.8) is 0 Å². The van der Waals surface area contributed by atoms with Crippen LogP contribution in [0, 0.1) is 0 Å². The molecule has 2 rings (SSSR count). The number of rotatable bonds is 9. The summed E-state index contributed by atoms with van der Waals surface area (Å²) in [6, 6.07) is 12.4. The molecule has 0 atom stereocenters. The zero-order valence-corrected chi connectivity index (χ0v) is 16.5. The van der Waals surface area contributed by atoms with E-state index in [2.05, 4.69) is 23.6 Å². The van der Waals surface area contributed by atoms with Gasteiger partial charge in [0.05, 0.1) is 5.56 Å². The van der Waals surface area contributed by atoms with Crippen molar-refractivity contribution in [2.75, 3.05) is 36.0 Å². The van der Waals surface area contributed by atoms with Gasteiger partial charge in [-0.2, -0.15) is 0 Å². The number of carbonyl (C=O) groups excluding carboxylic acids is 1. The lowest BCUT2D eigenvalue weighted by atomic mass is 9.97. The molecule has 0 aliphatic heterocycles. The minimum atomic E-state index is -1.09. The van der Waals surface area contributed by atoms with Crippen LogP contribution in [0.4, 0.5) is 11.4 Å². The Bertz CT molecular complexity index is 792. The van der Waals surface area contributed by atoms with E-state index in [1.165, 1.54) is 0 Å². The van der Waals surface area contributed by atoms with Crippen molar-refractivity contribution in [1.82, 2.24) is 0 Å². The van der Waals surface area contributed by atoms with Crippen LogP contribution in [0.15, 0.2) is 42.5 Å². The van der Waals surface area contributed by atoms with Crippen molar-refractivity contribution >= 4 is 23.1 Å². The molecule has 5 nitrogen and oxygen atoms in total. The molecule has 2 aromatic rings. The Labute approximate surface area is 161 Å². The number of anilines is 2. The number of aromatic carboxylic acids is 1. The number of nitrogens with zero attached hydrogens (tertiary/aromatic N) is 2. The van der Waals surface area contributed by atoms with Gasteiger partial charge >= 0.3 is 5.97 Å². The number of carboxylic acids is 1. The Morgan fingerprint density at radius 3 is 1.70 bits per heavy atom. The normalized spacial score (nSPS) is 10.5. The Morgan fingerprint density at radius 1 is 0.741 bits per heavy atom. The lowest BCUT2D eigenvalue weighted by Crippen LogP contribution is -2.23. The summed E-state index contributed by atoms with van der Waals surface area (Å²) in [5.74, 6) is -1.36. The number of hydrogen-bond acceptors (Lipinski definition) is 4. The van der Waals surface area contributed by atoms with Gasteiger partial charge in [-0.3, -0.25) is 4.79 Å². The summed E-state index contributed by atoms with van der Waals surface area (Å²) in [5.41, 5.74) is 2.60. The van der Waals surface area contributed by atoms with Gasteiger partial charge < -0.3 is 14.9 Å². The smallest absolute Gasteiger partial charge is 0.336 e. The zero-order valence-electron chi connectivity index (χ0n) is 16.5. The molecule has 0 bridgehead atoms. The highest BCUT2D eigenvalue weighted by molar-refractivity contribution is 6.14. The van der Waals surface area contributed by atoms with Gasteiger partial charge in [-0.15, -0.1) is 0 Å². The summed E-state index contributed by atoms with van der Waals surface area (Å²) >= 11 is 0. The maximum atomic E-state index is 12.9. The van der Waals surface area contributed by atoms with Crippen molar-refractivity contribution in [1.29, 1.82) is 0 Å². The lowest BCUT2D eigenvalue weighted by Gasteiger charge is -2.22. The molecule has 0 heterocycles. The second-order valence-electron chi connectivity index (χ2n) is 6.26. The van der Waals surface area contributed by atoms with Gasteiger partial charge in [-0.25, -0.2) is 4.79 Å². The fraction of sp³-hybridized carbons (Fsp3) is 0.364. The second-order valence-corrected chi connectivity index (χ2v) is 6.26. The highest BCUT2D eigenvalue weighted by atomic mass is 16.4. The molecule has 0 aliphatic rings. The average Bonchev–Trinajstić information content (AvgIpc) is 2.69. The van der Waals surface area contributed by atoms with Crippen molar-refractivity contribution < 1.29 is 14.7 Å². The topological polar surface area (TPSA) is 60.9 Å². The summed E-state index contributed by atoms with van der Waals surface area (Å²) in [4.78, 5) is 28.9. The Morgan fingerprint density at radius 2 is 1.22 bits per heavy atom. The first-order valence-corrected chi connectivity index (χ1v) is 9.48. The maximum absolute atomic E-state index is 12.9. The van der Waals surface area contributed by atoms with E-state index in [-0.39, 0.29) is 16.9 Å². The zero-order chi connectivity index (χ0) is 20.0. The molecule has 0 unspecified atom stereocenters. The van der Waals surface area contributed by atoms with Crippen LogP contribution < -0.4 is 9.80 Å². The molecular weight excluding hydrogens is 340 g/mol. The molecule has 0 radical (unpaired) electrons. The minimum absolute atomic E-state index is 0.0391. The van der Waals surface area contributed by atoms with Crippen LogP contribution >= 0.6 is 0 Å². The summed E-state index contributed by atoms with van der Waals surface area (Å²) in [6.45, 7) is 11.5. The van der Waals surface area contributed by atoms with Crippen LogP contribution in [0.1, 0.15) is 54.0 Å². The molecule has 27 heavy (non-hydrogen) atoms. The molecule has 0 saturated heterocycles. The van der Waals surface area contributed by atoms with E-state index >= 15 is 0 Å². The van der Waals surface area contributed by atoms with Gasteiger partial charge in [-0.1, -0.05) is 0 Å². The third kappa shape index (κ3) is 4.48. The molecule has 144 valence electrons. The summed E-state index contributed by atoms with van der Waals surface area (Å²) < 4.78 is 0. The molecule has 2 aromatic carbocycles. The largest absolute Gasteiger partial charge is 0.478 e. The van der Waals surface area contributed by atoms with E-state index in [1.807, 2.05) is 32.0 Å². The molecule has 5 heteroatoms. The average molecular weight is 368 g/mol. The molecule has 0 spiro atoms. The number of carboxylic acid groups (broad SMARTS) is 1. The first-order valence-electron chi connectivity index (χ1n) is 9.48. The number of carbonyl (C=O) groups is 2. The van der Waals surface area contributed by atoms with Gasteiger partial charge in [0.2, 0.25) is 0 Å². The van der Waals surface area contributed by atoms with Crippen LogP contribution in [0.2, 0.25) is 0 Å². The van der Waals surface area contributed by atoms with Gasteiger partial charge in [-0.05, 0) is 70.2 Å². The third-order valence-electron chi connectivity index (χ3n) is 4.86. The van der Waals surface area contributed by atoms with E-state index < -0.39 is 5.97 Å². The van der Waals surface area contributed by atoms with Crippen LogP contribution in [-0.2, 0) is 0 Å². The fourth-order valence-electron chi connectivity index (χ4n) is 3.26. The summed E-state index contributed by atoms with van der Waals surface area (Å²) in [5, 5.41) is 9.62. The van der Waals surface area contributed by atoms with Crippen molar-refractivity contribution in [3.05, 3.63) is 59.2 Å². The summed E-state index contributed by atoms with van der Waals surface area (Å²) in [7, 11) is 0. The third-order valence-corrected chi connectivity index (χ3v) is 4.86. The Balaban J connectivity index is 2.39. The Hall–Kier alpha value is -2.82. The quantitative estimate of drug-likeness (QED) is 0.669. The van der Waals surface area contributed by atoms with Crippen molar-refractivity contribution in [2.45, 2.75) is 27.7 Å². The number of benzene rings is 2. The predicted molar refractivity (Wildman–Crippen MR) is 110 cm³/mol. The van der Waals surface area contributed by atoms with Crippen LogP contribution in [0.5, 0.6) is 0 Å². The SMILES string of the molecule is CCN(CC)c1ccc(C(=O)c2ccc(N(CC)CC)cc2C(=O)O)cc1. The van der Waals surface area contributed by atoms with Crippen molar-refractivity contribution in [3.8, 4) is 0 Å². The van der Waals surface area contributed by atoms with Crippen molar-refractivity contribution in [2.24, 2.45) is 0 Å². The van der Waals surface area contributed by atoms with Crippen LogP contribution in [-0.4, -0.2) is 43.0 Å². The van der Waals surface area contributed by atoms with Gasteiger partial charge in [0, 0.05) is 48.7 Å². The van der Waals surface area contributed by atoms with E-state index in [1.54, 1.807) is 24.3 Å². The molecule has 0 saturated carbocycles. The van der Waals surface area contributed by atoms with E-state index in [0.717, 1.165) is 37.6 Å². The number of hydrogen-bond donors (Lipinski definition) is 1. The van der Waals surface area contributed by atoms with Crippen LogP contribution in [0.3, 0.4) is 0 Å². The van der Waals surface area contributed by atoms with Gasteiger partial charge in [0.15, 0.2) is 5.78 Å².